The molecule has 4 nitrogen and oxygen atoms in total. The van der Waals surface area contributed by atoms with Crippen LogP contribution >= 0.6 is 0 Å². The van der Waals surface area contributed by atoms with E-state index in [1.807, 2.05) is 10.8 Å². The maximum Gasteiger partial charge on any atom is 0.137 e. The molecule has 0 radical (unpaired) electrons. The highest BCUT2D eigenvalue weighted by Gasteiger charge is 2.14. The predicted octanol–water partition coefficient (Wildman–Crippen LogP) is 2.06. The molecular weight excluding hydrogens is 214 g/mol. The van der Waals surface area contributed by atoms with Gasteiger partial charge < -0.3 is 14.6 Å². The summed E-state index contributed by atoms with van der Waals surface area (Å²) in [5, 5.41) is 10.1. The summed E-state index contributed by atoms with van der Waals surface area (Å²) in [5.74, 6) is 0.805. The van der Waals surface area contributed by atoms with Crippen molar-refractivity contribution >= 4 is 0 Å². The first kappa shape index (κ1) is 14.2. The molecule has 1 atom stereocenters. The van der Waals surface area contributed by atoms with E-state index in [1.165, 1.54) is 0 Å². The summed E-state index contributed by atoms with van der Waals surface area (Å²) in [7, 11) is 0. The molecule has 0 amide bonds. The summed E-state index contributed by atoms with van der Waals surface area (Å²) in [6.45, 7) is 10.3. The lowest BCUT2D eigenvalue weighted by molar-refractivity contribution is 0.133. The van der Waals surface area contributed by atoms with Crippen molar-refractivity contribution in [2.45, 2.75) is 46.3 Å². The van der Waals surface area contributed by atoms with Crippen LogP contribution in [0.25, 0.3) is 0 Å². The van der Waals surface area contributed by atoms with E-state index in [0.717, 1.165) is 44.8 Å². The molecule has 0 saturated carbocycles. The standard InChI is InChI=1S/C13H25N3O/c1-4-9-16-11-8-14-13(16)12(17)7-10-15(5-2)6-3/h8,11-12,17H,4-7,9-10H2,1-3H3. The van der Waals surface area contributed by atoms with E-state index in [0.29, 0.717) is 0 Å². The first-order valence-electron chi connectivity index (χ1n) is 6.64. The van der Waals surface area contributed by atoms with Crippen LogP contribution < -0.4 is 0 Å². The number of aliphatic hydroxyl groups is 1. The van der Waals surface area contributed by atoms with Gasteiger partial charge in [0.05, 0.1) is 0 Å². The summed E-state index contributed by atoms with van der Waals surface area (Å²) in [6.07, 6.45) is 5.08. The second kappa shape index (κ2) is 7.45. The van der Waals surface area contributed by atoms with Crippen LogP contribution in [0.4, 0.5) is 0 Å². The van der Waals surface area contributed by atoms with Gasteiger partial charge in [-0.15, -0.1) is 0 Å². The number of imidazole rings is 1. The topological polar surface area (TPSA) is 41.3 Å². The number of nitrogens with zero attached hydrogens (tertiary/aromatic N) is 3. The van der Waals surface area contributed by atoms with Gasteiger partial charge in [0.2, 0.25) is 0 Å². The van der Waals surface area contributed by atoms with Crippen LogP contribution in [0, 0.1) is 0 Å². The van der Waals surface area contributed by atoms with Gasteiger partial charge in [0.25, 0.3) is 0 Å². The Morgan fingerprint density at radius 1 is 1.35 bits per heavy atom. The van der Waals surface area contributed by atoms with Crippen LogP contribution in [0.1, 0.15) is 45.5 Å². The fourth-order valence-corrected chi connectivity index (χ4v) is 2.02. The second-order valence-electron chi connectivity index (χ2n) is 4.31. The quantitative estimate of drug-likeness (QED) is 0.755. The summed E-state index contributed by atoms with van der Waals surface area (Å²) in [6, 6.07) is 0. The van der Waals surface area contributed by atoms with E-state index in [1.54, 1.807) is 6.20 Å². The molecule has 1 unspecified atom stereocenters. The largest absolute Gasteiger partial charge is 0.385 e. The molecule has 0 fully saturated rings. The molecule has 0 spiro atoms. The number of hydrogen-bond acceptors (Lipinski definition) is 3. The van der Waals surface area contributed by atoms with E-state index in [2.05, 4.69) is 30.7 Å². The van der Waals surface area contributed by atoms with E-state index >= 15 is 0 Å². The lowest BCUT2D eigenvalue weighted by Crippen LogP contribution is -2.25. The van der Waals surface area contributed by atoms with Crippen LogP contribution in [0.15, 0.2) is 12.4 Å². The first-order valence-corrected chi connectivity index (χ1v) is 6.64. The molecule has 0 aliphatic heterocycles. The highest BCUT2D eigenvalue weighted by Crippen LogP contribution is 2.15. The fourth-order valence-electron chi connectivity index (χ4n) is 2.02. The average molecular weight is 239 g/mol. The Morgan fingerprint density at radius 2 is 2.06 bits per heavy atom. The number of aliphatic hydroxyl groups excluding tert-OH is 1. The van der Waals surface area contributed by atoms with Crippen LogP contribution in [0.5, 0.6) is 0 Å². The molecule has 1 aromatic rings. The van der Waals surface area contributed by atoms with Crippen molar-refractivity contribution in [3.05, 3.63) is 18.2 Å². The average Bonchev–Trinajstić information content (AvgIpc) is 2.79. The normalized spacial score (nSPS) is 13.2. The Kier molecular flexibility index (Phi) is 6.22. The molecular formula is C13H25N3O. The van der Waals surface area contributed by atoms with E-state index in [9.17, 15) is 5.11 Å². The minimum absolute atomic E-state index is 0.447. The maximum absolute atomic E-state index is 10.1. The van der Waals surface area contributed by atoms with Gasteiger partial charge in [0, 0.05) is 25.5 Å². The van der Waals surface area contributed by atoms with Crippen molar-refractivity contribution in [2.75, 3.05) is 19.6 Å². The SMILES string of the molecule is CCCn1ccnc1C(O)CCN(CC)CC. The molecule has 0 saturated heterocycles. The van der Waals surface area contributed by atoms with E-state index < -0.39 is 6.10 Å². The van der Waals surface area contributed by atoms with Gasteiger partial charge in [-0.05, 0) is 25.9 Å². The molecule has 17 heavy (non-hydrogen) atoms. The lowest BCUT2D eigenvalue weighted by Gasteiger charge is -2.20. The van der Waals surface area contributed by atoms with Gasteiger partial charge in [-0.3, -0.25) is 0 Å². The monoisotopic (exact) mass is 239 g/mol. The van der Waals surface area contributed by atoms with Crippen molar-refractivity contribution in [3.8, 4) is 0 Å². The third-order valence-corrected chi connectivity index (χ3v) is 3.12. The number of aromatic nitrogens is 2. The van der Waals surface area contributed by atoms with Crippen molar-refractivity contribution in [1.82, 2.24) is 14.5 Å². The van der Waals surface area contributed by atoms with Gasteiger partial charge in [-0.1, -0.05) is 20.8 Å². The Morgan fingerprint density at radius 3 is 2.65 bits per heavy atom. The molecule has 4 heteroatoms. The van der Waals surface area contributed by atoms with Gasteiger partial charge in [0.1, 0.15) is 11.9 Å². The molecule has 0 aliphatic rings. The highest BCUT2D eigenvalue weighted by atomic mass is 16.3. The van der Waals surface area contributed by atoms with Gasteiger partial charge >= 0.3 is 0 Å². The third-order valence-electron chi connectivity index (χ3n) is 3.12. The maximum atomic E-state index is 10.1. The molecule has 1 rings (SSSR count). The van der Waals surface area contributed by atoms with Crippen molar-refractivity contribution < 1.29 is 5.11 Å². The van der Waals surface area contributed by atoms with Crippen LogP contribution in [0.3, 0.4) is 0 Å². The third kappa shape index (κ3) is 4.13. The van der Waals surface area contributed by atoms with Crippen LogP contribution in [0.2, 0.25) is 0 Å². The molecule has 0 bridgehead atoms. The fraction of sp³-hybridized carbons (Fsp3) is 0.769. The molecule has 1 aromatic heterocycles. The van der Waals surface area contributed by atoms with E-state index in [-0.39, 0.29) is 0 Å². The van der Waals surface area contributed by atoms with E-state index in [4.69, 9.17) is 0 Å². The summed E-state index contributed by atoms with van der Waals surface area (Å²) >= 11 is 0. The zero-order valence-electron chi connectivity index (χ0n) is 11.3. The number of rotatable bonds is 8. The smallest absolute Gasteiger partial charge is 0.137 e. The van der Waals surface area contributed by atoms with Gasteiger partial charge in [-0.25, -0.2) is 4.98 Å². The molecule has 98 valence electrons. The highest BCUT2D eigenvalue weighted by molar-refractivity contribution is 4.96. The summed E-state index contributed by atoms with van der Waals surface area (Å²) in [5.41, 5.74) is 0. The number of aryl methyl sites for hydroxylation is 1. The first-order chi connectivity index (χ1) is 8.22. The molecule has 0 aliphatic carbocycles. The minimum atomic E-state index is -0.447. The Bertz CT molecular complexity index is 307. The molecule has 1 N–H and O–H groups in total. The Labute approximate surface area is 104 Å². The molecule has 1 heterocycles. The summed E-state index contributed by atoms with van der Waals surface area (Å²) < 4.78 is 2.05. The van der Waals surface area contributed by atoms with Crippen molar-refractivity contribution in [1.29, 1.82) is 0 Å². The van der Waals surface area contributed by atoms with Gasteiger partial charge in [0.15, 0.2) is 0 Å². The predicted molar refractivity (Wildman–Crippen MR) is 69.9 cm³/mol. The van der Waals surface area contributed by atoms with Crippen molar-refractivity contribution in [3.63, 3.8) is 0 Å². The lowest BCUT2D eigenvalue weighted by atomic mass is 10.2. The zero-order valence-corrected chi connectivity index (χ0v) is 11.3. The Hall–Kier alpha value is -0.870. The summed E-state index contributed by atoms with van der Waals surface area (Å²) in [4.78, 5) is 6.57. The Balaban J connectivity index is 2.51. The minimum Gasteiger partial charge on any atom is -0.385 e. The number of hydrogen-bond donors (Lipinski definition) is 1. The van der Waals surface area contributed by atoms with Crippen LogP contribution in [-0.4, -0.2) is 39.2 Å². The van der Waals surface area contributed by atoms with Gasteiger partial charge in [-0.2, -0.15) is 0 Å². The van der Waals surface area contributed by atoms with Crippen LogP contribution in [-0.2, 0) is 6.54 Å². The molecule has 0 aromatic carbocycles. The zero-order chi connectivity index (χ0) is 12.7. The second-order valence-corrected chi connectivity index (χ2v) is 4.31. The van der Waals surface area contributed by atoms with Crippen molar-refractivity contribution in [2.24, 2.45) is 0 Å².